The van der Waals surface area contributed by atoms with Crippen molar-refractivity contribution in [3.8, 4) is 16.3 Å². The molecule has 1 amide bonds. The fourth-order valence-electron chi connectivity index (χ4n) is 1.73. The highest BCUT2D eigenvalue weighted by Gasteiger charge is 2.16. The standard InChI is InChI=1S/C13H14N2O2S/c1-7-4-5-10(17-3)9(6-7)13-15-8(2)11(18-13)12(14)16/h4-6H,1-3H3,(H2,14,16). The summed E-state index contributed by atoms with van der Waals surface area (Å²) in [5.74, 6) is 0.299. The second-order valence-electron chi connectivity index (χ2n) is 4.00. The van der Waals surface area contributed by atoms with Crippen LogP contribution in [0, 0.1) is 13.8 Å². The van der Waals surface area contributed by atoms with Crippen LogP contribution in [-0.4, -0.2) is 18.0 Å². The summed E-state index contributed by atoms with van der Waals surface area (Å²) in [5, 5.41) is 0.752. The van der Waals surface area contributed by atoms with Crippen molar-refractivity contribution < 1.29 is 9.53 Å². The molecule has 0 saturated carbocycles. The summed E-state index contributed by atoms with van der Waals surface area (Å²) < 4.78 is 5.31. The van der Waals surface area contributed by atoms with Crippen molar-refractivity contribution >= 4 is 17.2 Å². The first-order chi connectivity index (χ1) is 8.52. The second-order valence-corrected chi connectivity index (χ2v) is 5.00. The van der Waals surface area contributed by atoms with Crippen molar-refractivity contribution in [2.75, 3.05) is 7.11 Å². The first kappa shape index (κ1) is 12.6. The predicted molar refractivity (Wildman–Crippen MR) is 72.1 cm³/mol. The Hall–Kier alpha value is -1.88. The average Bonchev–Trinajstić information content (AvgIpc) is 2.71. The maximum absolute atomic E-state index is 11.2. The molecule has 5 heteroatoms. The molecule has 0 radical (unpaired) electrons. The summed E-state index contributed by atoms with van der Waals surface area (Å²) in [6.45, 7) is 3.78. The number of thiazole rings is 1. The molecule has 18 heavy (non-hydrogen) atoms. The van der Waals surface area contributed by atoms with Gasteiger partial charge in [-0.25, -0.2) is 4.98 Å². The fourth-order valence-corrected chi connectivity index (χ4v) is 2.67. The Kier molecular flexibility index (Phi) is 3.34. The molecule has 0 atom stereocenters. The number of aromatic nitrogens is 1. The minimum Gasteiger partial charge on any atom is -0.496 e. The summed E-state index contributed by atoms with van der Waals surface area (Å²) >= 11 is 1.29. The summed E-state index contributed by atoms with van der Waals surface area (Å²) in [6.07, 6.45) is 0. The van der Waals surface area contributed by atoms with E-state index in [-0.39, 0.29) is 0 Å². The van der Waals surface area contributed by atoms with Gasteiger partial charge in [-0.1, -0.05) is 11.6 Å². The van der Waals surface area contributed by atoms with Crippen molar-refractivity contribution in [1.29, 1.82) is 0 Å². The summed E-state index contributed by atoms with van der Waals surface area (Å²) in [7, 11) is 1.61. The average molecular weight is 262 g/mol. The van der Waals surface area contributed by atoms with Crippen molar-refractivity contribution in [2.24, 2.45) is 5.73 Å². The molecule has 1 aromatic carbocycles. The van der Waals surface area contributed by atoms with Gasteiger partial charge < -0.3 is 10.5 Å². The number of benzene rings is 1. The first-order valence-corrected chi connectivity index (χ1v) is 6.27. The molecule has 0 unspecified atom stereocenters. The monoisotopic (exact) mass is 262 g/mol. The van der Waals surface area contributed by atoms with Crippen LogP contribution in [0.5, 0.6) is 5.75 Å². The van der Waals surface area contributed by atoms with Gasteiger partial charge in [-0.3, -0.25) is 4.79 Å². The van der Waals surface area contributed by atoms with Crippen LogP contribution in [-0.2, 0) is 0 Å². The van der Waals surface area contributed by atoms with Gasteiger partial charge in [0.1, 0.15) is 15.6 Å². The molecular formula is C13H14N2O2S. The lowest BCUT2D eigenvalue weighted by atomic mass is 10.1. The van der Waals surface area contributed by atoms with E-state index in [1.165, 1.54) is 11.3 Å². The smallest absolute Gasteiger partial charge is 0.260 e. The Labute approximate surface area is 109 Å². The number of ether oxygens (including phenoxy) is 1. The van der Waals surface area contributed by atoms with Gasteiger partial charge >= 0.3 is 0 Å². The molecule has 1 heterocycles. The summed E-state index contributed by atoms with van der Waals surface area (Å²) in [4.78, 5) is 16.1. The molecule has 0 aliphatic rings. The van der Waals surface area contributed by atoms with Crippen molar-refractivity contribution in [1.82, 2.24) is 4.98 Å². The lowest BCUT2D eigenvalue weighted by Gasteiger charge is -2.06. The molecule has 2 rings (SSSR count). The Bertz CT molecular complexity index is 605. The quantitative estimate of drug-likeness (QED) is 0.924. The number of carbonyl (C=O) groups is 1. The molecular weight excluding hydrogens is 248 g/mol. The third-order valence-electron chi connectivity index (χ3n) is 2.61. The molecule has 4 nitrogen and oxygen atoms in total. The third-order valence-corrected chi connectivity index (χ3v) is 3.81. The van der Waals surface area contributed by atoms with Crippen molar-refractivity contribution in [3.63, 3.8) is 0 Å². The van der Waals surface area contributed by atoms with Crippen LogP contribution in [0.4, 0.5) is 0 Å². The number of rotatable bonds is 3. The van der Waals surface area contributed by atoms with E-state index in [1.54, 1.807) is 14.0 Å². The molecule has 0 saturated heterocycles. The van der Waals surface area contributed by atoms with Crippen LogP contribution in [0.3, 0.4) is 0 Å². The first-order valence-electron chi connectivity index (χ1n) is 5.45. The van der Waals surface area contributed by atoms with E-state index < -0.39 is 5.91 Å². The van der Waals surface area contributed by atoms with E-state index in [0.29, 0.717) is 10.6 Å². The molecule has 0 fully saturated rings. The topological polar surface area (TPSA) is 65.2 Å². The van der Waals surface area contributed by atoms with Gasteiger partial charge in [0.2, 0.25) is 0 Å². The lowest BCUT2D eigenvalue weighted by molar-refractivity contribution is 0.100. The van der Waals surface area contributed by atoms with Crippen LogP contribution in [0.1, 0.15) is 20.9 Å². The number of nitrogens with two attached hydrogens (primary N) is 1. The Morgan fingerprint density at radius 2 is 2.11 bits per heavy atom. The maximum atomic E-state index is 11.2. The number of hydrogen-bond donors (Lipinski definition) is 1. The van der Waals surface area contributed by atoms with E-state index in [0.717, 1.165) is 21.9 Å². The van der Waals surface area contributed by atoms with Gasteiger partial charge in [-0.2, -0.15) is 0 Å². The fraction of sp³-hybridized carbons (Fsp3) is 0.231. The van der Waals surface area contributed by atoms with E-state index in [2.05, 4.69) is 4.98 Å². The highest BCUT2D eigenvalue weighted by atomic mass is 32.1. The number of hydrogen-bond acceptors (Lipinski definition) is 4. The van der Waals surface area contributed by atoms with Gasteiger partial charge in [0, 0.05) is 0 Å². The van der Waals surface area contributed by atoms with Crippen molar-refractivity contribution in [3.05, 3.63) is 34.3 Å². The van der Waals surface area contributed by atoms with Crippen LogP contribution >= 0.6 is 11.3 Å². The van der Waals surface area contributed by atoms with Crippen molar-refractivity contribution in [2.45, 2.75) is 13.8 Å². The minimum absolute atomic E-state index is 0.442. The number of aryl methyl sites for hydroxylation is 2. The zero-order valence-corrected chi connectivity index (χ0v) is 11.3. The molecule has 0 aliphatic carbocycles. The number of carbonyl (C=O) groups excluding carboxylic acids is 1. The van der Waals surface area contributed by atoms with Gasteiger partial charge in [0.25, 0.3) is 5.91 Å². The Balaban J connectivity index is 2.58. The Morgan fingerprint density at radius 3 is 2.67 bits per heavy atom. The molecule has 2 aromatic rings. The second kappa shape index (κ2) is 4.78. The number of primary amides is 1. The van der Waals surface area contributed by atoms with E-state index >= 15 is 0 Å². The molecule has 0 aliphatic heterocycles. The van der Waals surface area contributed by atoms with Gasteiger partial charge in [0.05, 0.1) is 18.4 Å². The number of amides is 1. The largest absolute Gasteiger partial charge is 0.496 e. The zero-order chi connectivity index (χ0) is 13.3. The molecule has 94 valence electrons. The van der Waals surface area contributed by atoms with E-state index in [4.69, 9.17) is 10.5 Å². The number of methoxy groups -OCH3 is 1. The summed E-state index contributed by atoms with van der Waals surface area (Å²) in [5.41, 5.74) is 7.96. The summed E-state index contributed by atoms with van der Waals surface area (Å²) in [6, 6.07) is 5.85. The van der Waals surface area contributed by atoms with Crippen LogP contribution < -0.4 is 10.5 Å². The maximum Gasteiger partial charge on any atom is 0.260 e. The van der Waals surface area contributed by atoms with Crippen LogP contribution in [0.15, 0.2) is 18.2 Å². The van der Waals surface area contributed by atoms with E-state index in [9.17, 15) is 4.79 Å². The van der Waals surface area contributed by atoms with Gasteiger partial charge in [-0.05, 0) is 26.0 Å². The molecule has 2 N–H and O–H groups in total. The van der Waals surface area contributed by atoms with Crippen LogP contribution in [0.2, 0.25) is 0 Å². The van der Waals surface area contributed by atoms with Gasteiger partial charge in [0.15, 0.2) is 0 Å². The zero-order valence-electron chi connectivity index (χ0n) is 10.5. The highest BCUT2D eigenvalue weighted by Crippen LogP contribution is 2.34. The predicted octanol–water partition coefficient (Wildman–Crippen LogP) is 2.53. The highest BCUT2D eigenvalue weighted by molar-refractivity contribution is 7.17. The minimum atomic E-state index is -0.442. The molecule has 0 spiro atoms. The molecule has 1 aromatic heterocycles. The molecule has 0 bridgehead atoms. The third kappa shape index (κ3) is 2.22. The SMILES string of the molecule is COc1ccc(C)cc1-c1nc(C)c(C(N)=O)s1. The number of nitrogens with zero attached hydrogens (tertiary/aromatic N) is 1. The van der Waals surface area contributed by atoms with Crippen LogP contribution in [0.25, 0.3) is 10.6 Å². The normalized spacial score (nSPS) is 10.4. The van der Waals surface area contributed by atoms with Gasteiger partial charge in [-0.15, -0.1) is 11.3 Å². The lowest BCUT2D eigenvalue weighted by Crippen LogP contribution is -2.09. The Morgan fingerprint density at radius 1 is 1.39 bits per heavy atom. The van der Waals surface area contributed by atoms with E-state index in [1.807, 2.05) is 25.1 Å².